The van der Waals surface area contributed by atoms with Gasteiger partial charge in [0.05, 0.1) is 0 Å². The number of carbonyl (C=O) groups excluding carboxylic acids is 1. The molecule has 0 unspecified atom stereocenters. The maximum absolute atomic E-state index is 15.8. The van der Waals surface area contributed by atoms with Gasteiger partial charge in [0.15, 0.2) is 5.78 Å². The first kappa shape index (κ1) is 25.3. The summed E-state index contributed by atoms with van der Waals surface area (Å²) in [5.74, 6) is 7.15. The normalized spacial score (nSPS) is 33.7. The molecule has 4 aliphatic carbocycles. The molecule has 4 heteroatoms. The molecule has 3 nitrogen and oxygen atoms in total. The van der Waals surface area contributed by atoms with Crippen LogP contribution in [-0.4, -0.2) is 30.6 Å². The molecule has 0 spiro atoms. The molecule has 1 aromatic carbocycles. The smallest absolute Gasteiger partial charge is 0.156 e. The van der Waals surface area contributed by atoms with Gasteiger partial charge in [-0.05, 0) is 106 Å². The lowest BCUT2D eigenvalue weighted by molar-refractivity contribution is -0.114. The highest BCUT2D eigenvalue weighted by molar-refractivity contribution is 5.93. The number of ketones is 1. The standard InChI is InChI=1S/C32H40FNO2/c1-30(2,3)15-16-32(36)14-13-27-25-10-7-20-17-22(35)9-12-23(20)29(25)26(19-31(27,32)4)24-11-8-21(34(5)6)18-28(24)33/h8,11,17-18,25-27,36H,7,9-10,12-14,19H2,1-6H3/t25-,26+,27-,31-,32+/m0/s1. The predicted molar refractivity (Wildman–Crippen MR) is 143 cm³/mol. The third-order valence-corrected chi connectivity index (χ3v) is 9.41. The predicted octanol–water partition coefficient (Wildman–Crippen LogP) is 6.57. The van der Waals surface area contributed by atoms with E-state index in [0.717, 1.165) is 36.9 Å². The van der Waals surface area contributed by atoms with E-state index in [1.165, 1.54) is 11.1 Å². The average Bonchev–Trinajstić information content (AvgIpc) is 3.07. The van der Waals surface area contributed by atoms with Crippen LogP contribution in [0.15, 0.2) is 41.0 Å². The first-order chi connectivity index (χ1) is 16.8. The van der Waals surface area contributed by atoms with Crippen molar-refractivity contribution in [2.24, 2.45) is 22.7 Å². The van der Waals surface area contributed by atoms with Gasteiger partial charge >= 0.3 is 0 Å². The van der Waals surface area contributed by atoms with E-state index in [4.69, 9.17) is 0 Å². The summed E-state index contributed by atoms with van der Waals surface area (Å²) in [6.07, 6.45) is 7.23. The Kier molecular flexibility index (Phi) is 6.03. The molecule has 2 fully saturated rings. The molecule has 0 heterocycles. The molecule has 0 saturated heterocycles. The second kappa shape index (κ2) is 8.59. The molecule has 0 bridgehead atoms. The van der Waals surface area contributed by atoms with Crippen LogP contribution in [-0.2, 0) is 4.79 Å². The Labute approximate surface area is 215 Å². The second-order valence-corrected chi connectivity index (χ2v) is 13.0. The topological polar surface area (TPSA) is 40.5 Å². The van der Waals surface area contributed by atoms with Gasteiger partial charge in [-0.3, -0.25) is 4.79 Å². The van der Waals surface area contributed by atoms with Crippen LogP contribution in [0.3, 0.4) is 0 Å². The monoisotopic (exact) mass is 489 g/mol. The molecule has 5 rings (SSSR count). The van der Waals surface area contributed by atoms with E-state index in [1.807, 2.05) is 37.2 Å². The zero-order valence-electron chi connectivity index (χ0n) is 22.7. The Morgan fingerprint density at radius 1 is 1.14 bits per heavy atom. The minimum Gasteiger partial charge on any atom is -0.378 e. The fraction of sp³-hybridized carbons (Fsp3) is 0.594. The fourth-order valence-corrected chi connectivity index (χ4v) is 7.52. The highest BCUT2D eigenvalue weighted by atomic mass is 19.1. The highest BCUT2D eigenvalue weighted by Gasteiger charge is 2.62. The Balaban J connectivity index is 1.68. The SMILES string of the molecule is CN(C)c1ccc([C@H]2C[C@@]3(C)[C@@H](CC[C@@]3(O)C#CC(C)(C)C)[C@@H]3CCC4=CC(=O)CCC4=C32)c(F)c1. The van der Waals surface area contributed by atoms with E-state index < -0.39 is 11.0 Å². The molecular weight excluding hydrogens is 449 g/mol. The number of hydrogen-bond donors (Lipinski definition) is 1. The van der Waals surface area contributed by atoms with Gasteiger partial charge in [-0.2, -0.15) is 0 Å². The van der Waals surface area contributed by atoms with Crippen LogP contribution in [0.1, 0.15) is 84.1 Å². The molecule has 5 atom stereocenters. The summed E-state index contributed by atoms with van der Waals surface area (Å²) < 4.78 is 15.8. The first-order valence-electron chi connectivity index (χ1n) is 13.5. The summed E-state index contributed by atoms with van der Waals surface area (Å²) in [4.78, 5) is 14.2. The number of aliphatic hydroxyl groups is 1. The van der Waals surface area contributed by atoms with Gasteiger partial charge in [-0.1, -0.05) is 30.4 Å². The summed E-state index contributed by atoms with van der Waals surface area (Å²) in [6.45, 7) is 8.43. The van der Waals surface area contributed by atoms with Crippen molar-refractivity contribution in [1.29, 1.82) is 0 Å². The largest absolute Gasteiger partial charge is 0.378 e. The van der Waals surface area contributed by atoms with Crippen LogP contribution in [0.2, 0.25) is 0 Å². The van der Waals surface area contributed by atoms with E-state index in [2.05, 4.69) is 39.5 Å². The number of carbonyl (C=O) groups is 1. The van der Waals surface area contributed by atoms with Crippen LogP contribution >= 0.6 is 0 Å². The minimum atomic E-state index is -1.09. The maximum atomic E-state index is 15.8. The summed E-state index contributed by atoms with van der Waals surface area (Å²) >= 11 is 0. The molecule has 2 saturated carbocycles. The van der Waals surface area contributed by atoms with Crippen molar-refractivity contribution < 1.29 is 14.3 Å². The molecule has 1 aromatic rings. The van der Waals surface area contributed by atoms with E-state index in [9.17, 15) is 9.90 Å². The van der Waals surface area contributed by atoms with Crippen molar-refractivity contribution in [1.82, 2.24) is 0 Å². The van der Waals surface area contributed by atoms with Gasteiger partial charge in [-0.25, -0.2) is 4.39 Å². The van der Waals surface area contributed by atoms with Crippen molar-refractivity contribution in [2.75, 3.05) is 19.0 Å². The molecule has 4 aliphatic rings. The van der Waals surface area contributed by atoms with Gasteiger partial charge in [0, 0.05) is 43.0 Å². The highest BCUT2D eigenvalue weighted by Crippen LogP contribution is 2.66. The third-order valence-electron chi connectivity index (χ3n) is 9.41. The molecule has 0 aliphatic heterocycles. The van der Waals surface area contributed by atoms with E-state index in [0.29, 0.717) is 30.7 Å². The summed E-state index contributed by atoms with van der Waals surface area (Å²) in [5.41, 5.74) is 3.64. The number of nitrogens with zero attached hydrogens (tertiary/aromatic N) is 1. The van der Waals surface area contributed by atoms with Gasteiger partial charge < -0.3 is 10.0 Å². The number of allylic oxidation sites excluding steroid dienone is 4. The molecule has 0 radical (unpaired) electrons. The van der Waals surface area contributed by atoms with Crippen molar-refractivity contribution in [3.05, 3.63) is 52.4 Å². The molecule has 36 heavy (non-hydrogen) atoms. The lowest BCUT2D eigenvalue weighted by Crippen LogP contribution is -2.51. The van der Waals surface area contributed by atoms with Gasteiger partial charge in [0.1, 0.15) is 11.4 Å². The van der Waals surface area contributed by atoms with Crippen LogP contribution in [0, 0.1) is 40.3 Å². The fourth-order valence-electron chi connectivity index (χ4n) is 7.52. The average molecular weight is 490 g/mol. The maximum Gasteiger partial charge on any atom is 0.156 e. The summed E-state index contributed by atoms with van der Waals surface area (Å²) in [7, 11) is 3.84. The van der Waals surface area contributed by atoms with Crippen LogP contribution < -0.4 is 4.90 Å². The Hall–Kier alpha value is -2.38. The van der Waals surface area contributed by atoms with Crippen molar-refractivity contribution >= 4 is 11.5 Å². The van der Waals surface area contributed by atoms with Gasteiger partial charge in [0.25, 0.3) is 0 Å². The molecular formula is C32H40FNO2. The Bertz CT molecular complexity index is 1220. The summed E-state index contributed by atoms with van der Waals surface area (Å²) in [6, 6.07) is 5.58. The lowest BCUT2D eigenvalue weighted by Gasteiger charge is -2.53. The summed E-state index contributed by atoms with van der Waals surface area (Å²) in [5, 5.41) is 12.1. The first-order valence-corrected chi connectivity index (χ1v) is 13.5. The van der Waals surface area contributed by atoms with Gasteiger partial charge in [-0.15, -0.1) is 0 Å². The zero-order valence-corrected chi connectivity index (χ0v) is 22.7. The molecule has 1 N–H and O–H groups in total. The third kappa shape index (κ3) is 4.04. The number of halogens is 1. The Morgan fingerprint density at radius 3 is 2.56 bits per heavy atom. The molecule has 192 valence electrons. The second-order valence-electron chi connectivity index (χ2n) is 13.0. The molecule has 0 amide bonds. The number of rotatable bonds is 2. The van der Waals surface area contributed by atoms with Crippen LogP contribution in [0.25, 0.3) is 0 Å². The van der Waals surface area contributed by atoms with E-state index in [1.54, 1.807) is 6.07 Å². The van der Waals surface area contributed by atoms with E-state index >= 15 is 4.39 Å². The van der Waals surface area contributed by atoms with E-state index in [-0.39, 0.29) is 28.9 Å². The number of benzene rings is 1. The number of fused-ring (bicyclic) bond motifs is 4. The van der Waals surface area contributed by atoms with Gasteiger partial charge in [0.2, 0.25) is 0 Å². The number of anilines is 1. The van der Waals surface area contributed by atoms with Crippen LogP contribution in [0.4, 0.5) is 10.1 Å². The minimum absolute atomic E-state index is 0.125. The van der Waals surface area contributed by atoms with Crippen LogP contribution in [0.5, 0.6) is 0 Å². The number of hydrogen-bond acceptors (Lipinski definition) is 3. The zero-order chi connectivity index (χ0) is 26.0. The Morgan fingerprint density at radius 2 is 1.89 bits per heavy atom. The molecule has 0 aromatic heterocycles. The lowest BCUT2D eigenvalue weighted by atomic mass is 9.51. The van der Waals surface area contributed by atoms with Crippen molar-refractivity contribution in [3.8, 4) is 11.8 Å². The van der Waals surface area contributed by atoms with Crippen molar-refractivity contribution in [3.63, 3.8) is 0 Å². The quantitative estimate of drug-likeness (QED) is 0.478. The van der Waals surface area contributed by atoms with Crippen molar-refractivity contribution in [2.45, 2.75) is 84.2 Å².